The summed E-state index contributed by atoms with van der Waals surface area (Å²) < 4.78 is 23.0. The summed E-state index contributed by atoms with van der Waals surface area (Å²) in [7, 11) is -2.92. The Morgan fingerprint density at radius 3 is 2.37 bits per heavy atom. The Morgan fingerprint density at radius 2 is 1.95 bits per heavy atom. The highest BCUT2D eigenvalue weighted by molar-refractivity contribution is 7.90. The van der Waals surface area contributed by atoms with Crippen LogP contribution in [-0.4, -0.2) is 56.5 Å². The molecular formula is C14H30N2O2S. The summed E-state index contributed by atoms with van der Waals surface area (Å²) in [5.74, 6) is 0.250. The minimum absolute atomic E-state index is 0.0897. The first-order valence-electron chi connectivity index (χ1n) is 7.21. The van der Waals surface area contributed by atoms with Gasteiger partial charge in [-0.15, -0.1) is 0 Å². The van der Waals surface area contributed by atoms with Crippen molar-refractivity contribution in [2.45, 2.75) is 59.2 Å². The lowest BCUT2D eigenvalue weighted by atomic mass is 9.84. The van der Waals surface area contributed by atoms with E-state index in [0.717, 1.165) is 19.5 Å². The number of hydrogen-bond acceptors (Lipinski definition) is 4. The van der Waals surface area contributed by atoms with Crippen LogP contribution in [-0.2, 0) is 9.84 Å². The second-order valence-corrected chi connectivity index (χ2v) is 9.21. The lowest BCUT2D eigenvalue weighted by Gasteiger charge is -2.47. The van der Waals surface area contributed by atoms with Crippen molar-refractivity contribution >= 4 is 9.84 Å². The van der Waals surface area contributed by atoms with E-state index in [2.05, 4.69) is 37.9 Å². The van der Waals surface area contributed by atoms with Crippen molar-refractivity contribution in [3.05, 3.63) is 0 Å². The summed E-state index contributed by atoms with van der Waals surface area (Å²) in [6, 6.07) is 0.944. The lowest BCUT2D eigenvalue weighted by Crippen LogP contribution is -2.62. The van der Waals surface area contributed by atoms with E-state index < -0.39 is 9.84 Å². The van der Waals surface area contributed by atoms with E-state index in [1.807, 2.05) is 6.92 Å². The van der Waals surface area contributed by atoms with Gasteiger partial charge in [-0.2, -0.15) is 0 Å². The van der Waals surface area contributed by atoms with Crippen LogP contribution in [0.4, 0.5) is 0 Å². The third-order valence-corrected chi connectivity index (χ3v) is 5.18. The average molecular weight is 290 g/mol. The van der Waals surface area contributed by atoms with Crippen molar-refractivity contribution in [1.82, 2.24) is 10.2 Å². The maximum absolute atomic E-state index is 11.5. The van der Waals surface area contributed by atoms with Crippen LogP contribution in [0, 0.1) is 5.41 Å². The van der Waals surface area contributed by atoms with Crippen molar-refractivity contribution in [3.63, 3.8) is 0 Å². The highest BCUT2D eigenvalue weighted by atomic mass is 32.2. The minimum Gasteiger partial charge on any atom is -0.311 e. The van der Waals surface area contributed by atoms with Gasteiger partial charge < -0.3 is 5.32 Å². The summed E-state index contributed by atoms with van der Waals surface area (Å²) in [6.07, 6.45) is 2.38. The fraction of sp³-hybridized carbons (Fsp3) is 1.00. The zero-order valence-electron chi connectivity index (χ0n) is 13.2. The molecule has 0 amide bonds. The molecule has 0 aromatic heterocycles. The topological polar surface area (TPSA) is 49.4 Å². The molecule has 1 aliphatic rings. The molecule has 0 aliphatic carbocycles. The molecule has 3 unspecified atom stereocenters. The fourth-order valence-corrected chi connectivity index (χ4v) is 3.92. The van der Waals surface area contributed by atoms with Crippen molar-refractivity contribution in [3.8, 4) is 0 Å². The Kier molecular flexibility index (Phi) is 5.43. The Balaban J connectivity index is 2.80. The zero-order chi connectivity index (χ0) is 14.8. The van der Waals surface area contributed by atoms with Gasteiger partial charge in [-0.05, 0) is 18.8 Å². The van der Waals surface area contributed by atoms with Crippen LogP contribution in [0.25, 0.3) is 0 Å². The largest absolute Gasteiger partial charge is 0.311 e. The van der Waals surface area contributed by atoms with E-state index in [0.29, 0.717) is 12.1 Å². The maximum Gasteiger partial charge on any atom is 0.148 e. The molecule has 1 saturated heterocycles. The van der Waals surface area contributed by atoms with Crippen LogP contribution in [0.5, 0.6) is 0 Å². The van der Waals surface area contributed by atoms with Gasteiger partial charge in [-0.25, -0.2) is 8.42 Å². The molecule has 4 nitrogen and oxygen atoms in total. The fourth-order valence-electron chi connectivity index (χ4n) is 2.85. The number of nitrogens with one attached hydrogen (secondary N) is 1. The number of hydrogen-bond donors (Lipinski definition) is 1. The predicted molar refractivity (Wildman–Crippen MR) is 81.2 cm³/mol. The van der Waals surface area contributed by atoms with Gasteiger partial charge in [0.25, 0.3) is 0 Å². The SMILES string of the molecule is CCC1CNC(C(C)(C)C)CN1C(C)CS(C)(=O)=O. The molecule has 0 bridgehead atoms. The van der Waals surface area contributed by atoms with Gasteiger partial charge in [0.15, 0.2) is 0 Å². The minimum atomic E-state index is -2.92. The maximum atomic E-state index is 11.5. The van der Waals surface area contributed by atoms with Crippen LogP contribution >= 0.6 is 0 Å². The van der Waals surface area contributed by atoms with Gasteiger partial charge >= 0.3 is 0 Å². The van der Waals surface area contributed by atoms with Crippen LogP contribution in [0.15, 0.2) is 0 Å². The normalized spacial score (nSPS) is 28.3. The van der Waals surface area contributed by atoms with Crippen LogP contribution in [0.1, 0.15) is 41.0 Å². The third kappa shape index (κ3) is 5.04. The van der Waals surface area contributed by atoms with E-state index in [-0.39, 0.29) is 17.2 Å². The van der Waals surface area contributed by atoms with E-state index in [4.69, 9.17) is 0 Å². The summed E-state index contributed by atoms with van der Waals surface area (Å²) >= 11 is 0. The molecular weight excluding hydrogens is 260 g/mol. The average Bonchev–Trinajstić information content (AvgIpc) is 2.24. The second kappa shape index (κ2) is 6.10. The van der Waals surface area contributed by atoms with Crippen molar-refractivity contribution in [1.29, 1.82) is 0 Å². The first-order valence-corrected chi connectivity index (χ1v) is 9.27. The molecule has 0 radical (unpaired) electrons. The van der Waals surface area contributed by atoms with Crippen LogP contribution < -0.4 is 5.32 Å². The summed E-state index contributed by atoms with van der Waals surface area (Å²) in [6.45, 7) is 12.8. The first-order chi connectivity index (χ1) is 8.54. The molecule has 1 rings (SSSR count). The van der Waals surface area contributed by atoms with Gasteiger partial charge in [-0.3, -0.25) is 4.90 Å². The third-order valence-electron chi connectivity index (χ3n) is 4.09. The zero-order valence-corrected chi connectivity index (χ0v) is 14.0. The molecule has 1 aliphatic heterocycles. The monoisotopic (exact) mass is 290 g/mol. The standard InChI is InChI=1S/C14H30N2O2S/c1-7-12-8-15-13(14(3,4)5)9-16(12)11(2)10-19(6,17)18/h11-13,15H,7-10H2,1-6H3. The van der Waals surface area contributed by atoms with Crippen LogP contribution in [0.3, 0.4) is 0 Å². The van der Waals surface area contributed by atoms with E-state index >= 15 is 0 Å². The van der Waals surface area contributed by atoms with E-state index in [9.17, 15) is 8.42 Å². The molecule has 1 heterocycles. The highest BCUT2D eigenvalue weighted by Crippen LogP contribution is 2.25. The molecule has 0 aromatic carbocycles. The molecule has 3 atom stereocenters. The van der Waals surface area contributed by atoms with Gasteiger partial charge in [0.2, 0.25) is 0 Å². The second-order valence-electron chi connectivity index (χ2n) is 7.03. The molecule has 0 saturated carbocycles. The first kappa shape index (κ1) is 16.9. The predicted octanol–water partition coefficient (Wildman–Crippen LogP) is 1.52. The molecule has 1 fully saturated rings. The van der Waals surface area contributed by atoms with Crippen molar-refractivity contribution in [2.24, 2.45) is 5.41 Å². The number of piperazine rings is 1. The molecule has 5 heteroatoms. The highest BCUT2D eigenvalue weighted by Gasteiger charge is 2.35. The van der Waals surface area contributed by atoms with E-state index in [1.54, 1.807) is 0 Å². The molecule has 0 spiro atoms. The van der Waals surface area contributed by atoms with E-state index in [1.165, 1.54) is 6.26 Å². The van der Waals surface area contributed by atoms with Gasteiger partial charge in [-0.1, -0.05) is 27.7 Å². The number of sulfone groups is 1. The Hall–Kier alpha value is -0.130. The van der Waals surface area contributed by atoms with Crippen molar-refractivity contribution in [2.75, 3.05) is 25.1 Å². The van der Waals surface area contributed by atoms with Gasteiger partial charge in [0, 0.05) is 37.5 Å². The van der Waals surface area contributed by atoms with Gasteiger partial charge in [0.1, 0.15) is 9.84 Å². The quantitative estimate of drug-likeness (QED) is 0.853. The lowest BCUT2D eigenvalue weighted by molar-refractivity contribution is 0.0604. The molecule has 1 N–H and O–H groups in total. The Morgan fingerprint density at radius 1 is 1.37 bits per heavy atom. The van der Waals surface area contributed by atoms with Gasteiger partial charge in [0.05, 0.1) is 5.75 Å². The van der Waals surface area contributed by atoms with Crippen molar-refractivity contribution < 1.29 is 8.42 Å². The Labute approximate surface area is 118 Å². The Bertz CT molecular complexity index is 387. The smallest absolute Gasteiger partial charge is 0.148 e. The summed E-state index contributed by atoms with van der Waals surface area (Å²) in [5.41, 5.74) is 0.196. The summed E-state index contributed by atoms with van der Waals surface area (Å²) in [5, 5.41) is 3.62. The number of nitrogens with zero attached hydrogens (tertiary/aromatic N) is 1. The molecule has 0 aromatic rings. The van der Waals surface area contributed by atoms with Crippen LogP contribution in [0.2, 0.25) is 0 Å². The molecule has 114 valence electrons. The molecule has 19 heavy (non-hydrogen) atoms. The number of rotatable bonds is 4. The summed E-state index contributed by atoms with van der Waals surface area (Å²) in [4.78, 5) is 2.38.